The minimum absolute atomic E-state index is 0.286. The molecule has 0 N–H and O–H groups in total. The standard InChI is InChI=1S/C20H19BrO2S/c1-12(2)17-10-18-14(9-20(22)23-19(18)8-13(17)3)11-24-16-6-4-15(21)5-7-16/h4-10,12H,11H2,1-3H3. The lowest BCUT2D eigenvalue weighted by Crippen LogP contribution is -2.02. The molecule has 3 rings (SSSR count). The van der Waals surface area contributed by atoms with Crippen molar-refractivity contribution in [2.24, 2.45) is 0 Å². The topological polar surface area (TPSA) is 30.2 Å². The molecule has 0 radical (unpaired) electrons. The lowest BCUT2D eigenvalue weighted by Gasteiger charge is -2.13. The van der Waals surface area contributed by atoms with E-state index in [2.05, 4.69) is 54.9 Å². The van der Waals surface area contributed by atoms with Crippen molar-refractivity contribution in [3.05, 3.63) is 74.0 Å². The van der Waals surface area contributed by atoms with Crippen LogP contribution >= 0.6 is 27.7 Å². The minimum atomic E-state index is -0.286. The maximum atomic E-state index is 11.9. The normalized spacial score (nSPS) is 11.4. The fourth-order valence-electron chi connectivity index (χ4n) is 2.82. The SMILES string of the molecule is Cc1cc2oc(=O)cc(CSc3ccc(Br)cc3)c2cc1C(C)C. The van der Waals surface area contributed by atoms with Crippen molar-refractivity contribution in [2.45, 2.75) is 37.3 Å². The van der Waals surface area contributed by atoms with Gasteiger partial charge in [0.15, 0.2) is 0 Å². The Labute approximate surface area is 154 Å². The lowest BCUT2D eigenvalue weighted by molar-refractivity contribution is 0.559. The lowest BCUT2D eigenvalue weighted by atomic mass is 9.95. The van der Waals surface area contributed by atoms with Gasteiger partial charge in [0.25, 0.3) is 0 Å². The van der Waals surface area contributed by atoms with E-state index in [0.717, 1.165) is 21.2 Å². The maximum Gasteiger partial charge on any atom is 0.336 e. The summed E-state index contributed by atoms with van der Waals surface area (Å²) in [4.78, 5) is 13.1. The molecule has 0 aliphatic carbocycles. The van der Waals surface area contributed by atoms with Crippen LogP contribution < -0.4 is 5.63 Å². The molecule has 24 heavy (non-hydrogen) atoms. The molecule has 0 amide bonds. The van der Waals surface area contributed by atoms with Crippen LogP contribution in [0.25, 0.3) is 11.0 Å². The van der Waals surface area contributed by atoms with Crippen molar-refractivity contribution in [3.8, 4) is 0 Å². The summed E-state index contributed by atoms with van der Waals surface area (Å²) in [7, 11) is 0. The summed E-state index contributed by atoms with van der Waals surface area (Å²) in [6, 6.07) is 14.0. The van der Waals surface area contributed by atoms with Gasteiger partial charge in [-0.15, -0.1) is 11.8 Å². The van der Waals surface area contributed by atoms with Crippen molar-refractivity contribution in [1.82, 2.24) is 0 Å². The van der Waals surface area contributed by atoms with E-state index in [1.165, 1.54) is 16.0 Å². The summed E-state index contributed by atoms with van der Waals surface area (Å²) in [5.74, 6) is 1.18. The summed E-state index contributed by atoms with van der Waals surface area (Å²) >= 11 is 5.17. The average molecular weight is 403 g/mol. The van der Waals surface area contributed by atoms with Crippen LogP contribution in [-0.4, -0.2) is 0 Å². The highest BCUT2D eigenvalue weighted by molar-refractivity contribution is 9.10. The van der Waals surface area contributed by atoms with Gasteiger partial charge in [-0.2, -0.15) is 0 Å². The van der Waals surface area contributed by atoms with Gasteiger partial charge in [0, 0.05) is 26.6 Å². The van der Waals surface area contributed by atoms with Gasteiger partial charge in [0.1, 0.15) is 5.58 Å². The summed E-state index contributed by atoms with van der Waals surface area (Å²) in [6.45, 7) is 6.44. The van der Waals surface area contributed by atoms with Crippen molar-refractivity contribution < 1.29 is 4.42 Å². The molecule has 1 heterocycles. The van der Waals surface area contributed by atoms with Gasteiger partial charge in [-0.1, -0.05) is 29.8 Å². The smallest absolute Gasteiger partial charge is 0.336 e. The second-order valence-corrected chi connectivity index (χ2v) is 8.16. The molecule has 0 fully saturated rings. The van der Waals surface area contributed by atoms with E-state index >= 15 is 0 Å². The van der Waals surface area contributed by atoms with Crippen molar-refractivity contribution in [2.75, 3.05) is 0 Å². The number of hydrogen-bond donors (Lipinski definition) is 0. The van der Waals surface area contributed by atoms with E-state index in [-0.39, 0.29) is 5.63 Å². The van der Waals surface area contributed by atoms with Crippen LogP contribution in [0.3, 0.4) is 0 Å². The van der Waals surface area contributed by atoms with Crippen molar-refractivity contribution in [1.29, 1.82) is 0 Å². The molecule has 0 saturated heterocycles. The van der Waals surface area contributed by atoms with E-state index in [1.54, 1.807) is 17.8 Å². The molecular weight excluding hydrogens is 384 g/mol. The summed E-state index contributed by atoms with van der Waals surface area (Å²) in [5, 5.41) is 1.04. The van der Waals surface area contributed by atoms with Gasteiger partial charge in [-0.05, 0) is 65.9 Å². The highest BCUT2D eigenvalue weighted by Crippen LogP contribution is 2.30. The van der Waals surface area contributed by atoms with Crippen LogP contribution in [-0.2, 0) is 5.75 Å². The number of rotatable bonds is 4. The summed E-state index contributed by atoms with van der Waals surface area (Å²) in [5.41, 5.74) is 3.88. The molecule has 0 unspecified atom stereocenters. The second-order valence-electron chi connectivity index (χ2n) is 6.19. The number of hydrogen-bond acceptors (Lipinski definition) is 3. The summed E-state index contributed by atoms with van der Waals surface area (Å²) < 4.78 is 6.48. The van der Waals surface area contributed by atoms with Crippen molar-refractivity contribution >= 4 is 38.7 Å². The average Bonchev–Trinajstić information content (AvgIpc) is 2.53. The Morgan fingerprint density at radius 3 is 2.50 bits per heavy atom. The fourth-order valence-corrected chi connectivity index (χ4v) is 3.98. The van der Waals surface area contributed by atoms with Gasteiger partial charge in [-0.25, -0.2) is 4.79 Å². The van der Waals surface area contributed by atoms with Crippen LogP contribution in [0, 0.1) is 6.92 Å². The molecule has 0 aliphatic heterocycles. The first kappa shape index (κ1) is 17.3. The Kier molecular flexibility index (Phi) is 5.16. The van der Waals surface area contributed by atoms with Crippen molar-refractivity contribution in [3.63, 3.8) is 0 Å². The van der Waals surface area contributed by atoms with Crippen LogP contribution in [0.4, 0.5) is 0 Å². The highest BCUT2D eigenvalue weighted by Gasteiger charge is 2.11. The first-order valence-corrected chi connectivity index (χ1v) is 9.67. The molecule has 0 bridgehead atoms. The molecule has 0 saturated carbocycles. The molecule has 2 aromatic carbocycles. The Balaban J connectivity index is 2.01. The quantitative estimate of drug-likeness (QED) is 0.379. The maximum absolute atomic E-state index is 11.9. The van der Waals surface area contributed by atoms with E-state index in [1.807, 2.05) is 18.2 Å². The number of fused-ring (bicyclic) bond motifs is 1. The van der Waals surface area contributed by atoms with Gasteiger partial charge >= 0.3 is 5.63 Å². The number of benzene rings is 2. The Morgan fingerprint density at radius 1 is 1.12 bits per heavy atom. The van der Waals surface area contributed by atoms with Gasteiger partial charge in [0.05, 0.1) is 0 Å². The molecule has 3 aromatic rings. The van der Waals surface area contributed by atoms with E-state index in [9.17, 15) is 4.79 Å². The van der Waals surface area contributed by atoms with Crippen LogP contribution in [0.2, 0.25) is 0 Å². The van der Waals surface area contributed by atoms with Gasteiger partial charge < -0.3 is 4.42 Å². The van der Waals surface area contributed by atoms with Gasteiger partial charge in [0.2, 0.25) is 0 Å². The highest BCUT2D eigenvalue weighted by atomic mass is 79.9. The van der Waals surface area contributed by atoms with E-state index < -0.39 is 0 Å². The third-order valence-corrected chi connectivity index (χ3v) is 5.64. The molecule has 124 valence electrons. The minimum Gasteiger partial charge on any atom is -0.423 e. The van der Waals surface area contributed by atoms with Gasteiger partial charge in [-0.3, -0.25) is 0 Å². The Bertz CT molecular complexity index is 927. The second kappa shape index (κ2) is 7.16. The third kappa shape index (κ3) is 3.76. The molecule has 0 atom stereocenters. The molecule has 1 aromatic heterocycles. The molecule has 2 nitrogen and oxygen atoms in total. The van der Waals surface area contributed by atoms with E-state index in [0.29, 0.717) is 11.5 Å². The zero-order valence-corrected chi connectivity index (χ0v) is 16.3. The third-order valence-electron chi connectivity index (χ3n) is 4.05. The first-order chi connectivity index (χ1) is 11.4. The predicted octanol–water partition coefficient (Wildman–Crippen LogP) is 6.28. The van der Waals surface area contributed by atoms with Crippen LogP contribution in [0.1, 0.15) is 36.5 Å². The Morgan fingerprint density at radius 2 is 1.83 bits per heavy atom. The largest absolute Gasteiger partial charge is 0.423 e. The fraction of sp³-hybridized carbons (Fsp3) is 0.250. The predicted molar refractivity (Wildman–Crippen MR) is 105 cm³/mol. The summed E-state index contributed by atoms with van der Waals surface area (Å²) in [6.07, 6.45) is 0. The van der Waals surface area contributed by atoms with E-state index in [4.69, 9.17) is 4.42 Å². The molecular formula is C20H19BrO2S. The number of aryl methyl sites for hydroxylation is 1. The molecule has 4 heteroatoms. The molecule has 0 aliphatic rings. The number of thioether (sulfide) groups is 1. The zero-order chi connectivity index (χ0) is 17.3. The van der Waals surface area contributed by atoms with Crippen LogP contribution in [0.15, 0.2) is 61.0 Å². The zero-order valence-electron chi connectivity index (χ0n) is 13.9. The number of halogens is 1. The Hall–Kier alpha value is -1.52. The monoisotopic (exact) mass is 402 g/mol. The van der Waals surface area contributed by atoms with Crippen LogP contribution in [0.5, 0.6) is 0 Å². The molecule has 0 spiro atoms. The first-order valence-electron chi connectivity index (χ1n) is 7.89.